The first kappa shape index (κ1) is 22.6. The Labute approximate surface area is 201 Å². The number of likely N-dealkylation sites (tertiary alicyclic amines) is 1. The zero-order valence-electron chi connectivity index (χ0n) is 18.7. The molecule has 0 radical (unpaired) electrons. The summed E-state index contributed by atoms with van der Waals surface area (Å²) in [6.45, 7) is 4.07. The quantitative estimate of drug-likeness (QED) is 0.469. The van der Waals surface area contributed by atoms with Crippen LogP contribution >= 0.6 is 11.6 Å². The number of carbonyl (C=O) groups is 1. The highest BCUT2D eigenvalue weighted by Crippen LogP contribution is 2.37. The Bertz CT molecular complexity index is 1230. The van der Waals surface area contributed by atoms with Gasteiger partial charge in [-0.2, -0.15) is 0 Å². The Morgan fingerprint density at radius 2 is 2.12 bits per heavy atom. The van der Waals surface area contributed by atoms with Crippen LogP contribution in [0.3, 0.4) is 0 Å². The summed E-state index contributed by atoms with van der Waals surface area (Å²) in [5.74, 6) is 1.16. The summed E-state index contributed by atoms with van der Waals surface area (Å²) in [7, 11) is 1.58. The van der Waals surface area contributed by atoms with Crippen LogP contribution in [0.2, 0.25) is 5.02 Å². The van der Waals surface area contributed by atoms with Crippen molar-refractivity contribution in [1.82, 2.24) is 20.2 Å². The van der Waals surface area contributed by atoms with E-state index >= 15 is 0 Å². The number of ether oxygens (including phenoxy) is 2. The van der Waals surface area contributed by atoms with E-state index in [4.69, 9.17) is 21.1 Å². The zero-order chi connectivity index (χ0) is 23.7. The molecule has 2 aromatic carbocycles. The molecule has 2 fully saturated rings. The summed E-state index contributed by atoms with van der Waals surface area (Å²) in [6, 6.07) is 8.31. The average molecular weight is 486 g/mol. The molecule has 0 saturated carbocycles. The lowest BCUT2D eigenvalue weighted by molar-refractivity contribution is -0.120. The van der Waals surface area contributed by atoms with Gasteiger partial charge in [-0.05, 0) is 24.6 Å². The third kappa shape index (κ3) is 4.45. The summed E-state index contributed by atoms with van der Waals surface area (Å²) in [4.78, 5) is 22.4. The molecule has 2 saturated heterocycles. The molecular weight excluding hydrogens is 461 g/mol. The molecule has 0 atom stereocenters. The Morgan fingerprint density at radius 3 is 2.88 bits per heavy atom. The molecule has 178 valence electrons. The van der Waals surface area contributed by atoms with E-state index < -0.39 is 5.82 Å². The lowest BCUT2D eigenvalue weighted by atomic mass is 9.79. The fraction of sp³-hybridized carbons (Fsp3) is 0.375. The minimum Gasteiger partial charge on any atom is -0.493 e. The molecule has 2 N–H and O–H groups in total. The van der Waals surface area contributed by atoms with Crippen LogP contribution in [0.5, 0.6) is 11.5 Å². The zero-order valence-corrected chi connectivity index (χ0v) is 19.5. The molecule has 34 heavy (non-hydrogen) atoms. The second-order valence-electron chi connectivity index (χ2n) is 8.84. The van der Waals surface area contributed by atoms with Gasteiger partial charge in [-0.25, -0.2) is 14.4 Å². The van der Waals surface area contributed by atoms with Crippen LogP contribution in [0.4, 0.5) is 15.9 Å². The third-order valence-corrected chi connectivity index (χ3v) is 6.61. The van der Waals surface area contributed by atoms with Crippen LogP contribution in [0.25, 0.3) is 10.9 Å². The van der Waals surface area contributed by atoms with E-state index in [1.807, 2.05) is 0 Å². The number of carbonyl (C=O) groups excluding carboxylic acids is 1. The maximum absolute atomic E-state index is 14.4. The van der Waals surface area contributed by atoms with Crippen LogP contribution < -0.4 is 20.1 Å². The largest absolute Gasteiger partial charge is 0.493 e. The Morgan fingerprint density at radius 1 is 1.26 bits per heavy atom. The minimum absolute atomic E-state index is 0.0259. The lowest BCUT2D eigenvalue weighted by Crippen LogP contribution is -2.57. The smallest absolute Gasteiger partial charge is 0.220 e. The fourth-order valence-electron chi connectivity index (χ4n) is 4.67. The molecule has 3 aromatic rings. The molecule has 1 spiro atoms. The molecule has 1 aromatic heterocycles. The van der Waals surface area contributed by atoms with Crippen LogP contribution in [0.1, 0.15) is 12.8 Å². The van der Waals surface area contributed by atoms with Crippen molar-refractivity contribution in [2.75, 3.05) is 45.2 Å². The standard InChI is InChI=1S/C24H25ClFN5O3/c1-33-19-9-18-15(23(29-14-28-18)30-17-5-2-4-16(25)22(17)26)8-20(19)34-7-3-6-31-12-24(13-31)10-21(32)27-11-24/h2,4-5,8-9,14H,3,6-7,10-13H2,1H3,(H,27,32)(H,28,29,30). The number of methoxy groups -OCH3 is 1. The molecule has 2 aliphatic rings. The van der Waals surface area contributed by atoms with E-state index in [1.165, 1.54) is 12.4 Å². The normalized spacial score (nSPS) is 17.0. The number of benzene rings is 2. The summed E-state index contributed by atoms with van der Waals surface area (Å²) in [6.07, 6.45) is 2.87. The number of halogens is 2. The number of anilines is 2. The van der Waals surface area contributed by atoms with Crippen molar-refractivity contribution in [2.45, 2.75) is 12.8 Å². The van der Waals surface area contributed by atoms with Crippen LogP contribution in [0, 0.1) is 11.2 Å². The molecule has 0 bridgehead atoms. The first-order valence-corrected chi connectivity index (χ1v) is 11.5. The van der Waals surface area contributed by atoms with Gasteiger partial charge in [0.25, 0.3) is 0 Å². The summed E-state index contributed by atoms with van der Waals surface area (Å²) in [5, 5.41) is 6.62. The number of amides is 1. The molecule has 3 heterocycles. The van der Waals surface area contributed by atoms with E-state index in [0.29, 0.717) is 41.2 Å². The average Bonchev–Trinajstić information content (AvgIpc) is 3.20. The number of nitrogens with zero attached hydrogens (tertiary/aromatic N) is 3. The summed E-state index contributed by atoms with van der Waals surface area (Å²) < 4.78 is 25.9. The van der Waals surface area contributed by atoms with Crippen molar-refractivity contribution in [3.63, 3.8) is 0 Å². The highest BCUT2D eigenvalue weighted by atomic mass is 35.5. The fourth-order valence-corrected chi connectivity index (χ4v) is 4.84. The molecule has 0 unspecified atom stereocenters. The molecule has 8 nitrogen and oxygen atoms in total. The monoisotopic (exact) mass is 485 g/mol. The van der Waals surface area contributed by atoms with Gasteiger partial charge in [-0.1, -0.05) is 17.7 Å². The lowest BCUT2D eigenvalue weighted by Gasteiger charge is -2.47. The molecule has 0 aliphatic carbocycles. The van der Waals surface area contributed by atoms with Gasteiger partial charge in [0, 0.05) is 49.5 Å². The predicted octanol–water partition coefficient (Wildman–Crippen LogP) is 3.77. The predicted molar refractivity (Wildman–Crippen MR) is 127 cm³/mol. The first-order valence-electron chi connectivity index (χ1n) is 11.1. The summed E-state index contributed by atoms with van der Waals surface area (Å²) in [5.41, 5.74) is 0.984. The maximum atomic E-state index is 14.4. The summed E-state index contributed by atoms with van der Waals surface area (Å²) >= 11 is 5.91. The molecular formula is C24H25ClFN5O3. The van der Waals surface area contributed by atoms with Crippen molar-refractivity contribution in [1.29, 1.82) is 0 Å². The molecule has 2 aliphatic heterocycles. The van der Waals surface area contributed by atoms with Crippen LogP contribution in [0.15, 0.2) is 36.7 Å². The van der Waals surface area contributed by atoms with Gasteiger partial charge in [0.15, 0.2) is 17.3 Å². The van der Waals surface area contributed by atoms with E-state index in [1.54, 1.807) is 31.4 Å². The van der Waals surface area contributed by atoms with Gasteiger partial charge < -0.3 is 25.0 Å². The molecule has 1 amide bonds. The molecule has 5 rings (SSSR count). The van der Waals surface area contributed by atoms with E-state index in [0.717, 1.165) is 32.6 Å². The first-order chi connectivity index (χ1) is 16.5. The van der Waals surface area contributed by atoms with Crippen molar-refractivity contribution in [2.24, 2.45) is 5.41 Å². The van der Waals surface area contributed by atoms with E-state index in [9.17, 15) is 9.18 Å². The Kier molecular flexibility index (Phi) is 6.14. The number of nitrogens with one attached hydrogen (secondary N) is 2. The van der Waals surface area contributed by atoms with Crippen molar-refractivity contribution in [3.8, 4) is 11.5 Å². The van der Waals surface area contributed by atoms with Gasteiger partial charge >= 0.3 is 0 Å². The van der Waals surface area contributed by atoms with Gasteiger partial charge in [-0.3, -0.25) is 4.79 Å². The van der Waals surface area contributed by atoms with Crippen molar-refractivity contribution in [3.05, 3.63) is 47.5 Å². The second-order valence-corrected chi connectivity index (χ2v) is 9.24. The third-order valence-electron chi connectivity index (χ3n) is 6.32. The van der Waals surface area contributed by atoms with Gasteiger partial charge in [0.05, 0.1) is 29.9 Å². The number of rotatable bonds is 8. The molecule has 10 heteroatoms. The van der Waals surface area contributed by atoms with Gasteiger partial charge in [0.1, 0.15) is 12.1 Å². The highest BCUT2D eigenvalue weighted by molar-refractivity contribution is 6.31. The SMILES string of the molecule is COc1cc2ncnc(Nc3cccc(Cl)c3F)c2cc1OCCCN1CC2(CNC(=O)C2)C1. The van der Waals surface area contributed by atoms with Crippen LogP contribution in [-0.4, -0.2) is 60.7 Å². The number of hydrogen-bond donors (Lipinski definition) is 2. The minimum atomic E-state index is -0.550. The topological polar surface area (TPSA) is 88.6 Å². The van der Waals surface area contributed by atoms with Crippen LogP contribution in [-0.2, 0) is 4.79 Å². The number of hydrogen-bond acceptors (Lipinski definition) is 7. The number of aromatic nitrogens is 2. The van der Waals surface area contributed by atoms with Gasteiger partial charge in [0.2, 0.25) is 5.91 Å². The highest BCUT2D eigenvalue weighted by Gasteiger charge is 2.47. The van der Waals surface area contributed by atoms with Crippen molar-refractivity contribution < 1.29 is 18.7 Å². The Hall–Kier alpha value is -3.17. The Balaban J connectivity index is 1.26. The van der Waals surface area contributed by atoms with Gasteiger partial charge in [-0.15, -0.1) is 0 Å². The van der Waals surface area contributed by atoms with E-state index in [2.05, 4.69) is 25.5 Å². The number of fused-ring (bicyclic) bond motifs is 1. The second kappa shape index (κ2) is 9.23. The maximum Gasteiger partial charge on any atom is 0.220 e. The van der Waals surface area contributed by atoms with Crippen molar-refractivity contribution >= 4 is 39.9 Å². The van der Waals surface area contributed by atoms with E-state index in [-0.39, 0.29) is 22.0 Å².